The summed E-state index contributed by atoms with van der Waals surface area (Å²) in [5, 5.41) is 3.11. The Morgan fingerprint density at radius 1 is 1.05 bits per heavy atom. The Morgan fingerprint density at radius 3 is 2.40 bits per heavy atom. The SMILES string of the molecule is Cc1ccc(NC=CC(=O)c2ccc(Br)cc2)cc1C. The number of benzene rings is 2. The number of aryl methyl sites for hydroxylation is 2. The Morgan fingerprint density at radius 2 is 1.75 bits per heavy atom. The molecule has 102 valence electrons. The molecule has 3 heteroatoms. The molecule has 0 saturated heterocycles. The van der Waals surface area contributed by atoms with Crippen LogP contribution >= 0.6 is 15.9 Å². The fourth-order valence-corrected chi connectivity index (χ4v) is 2.02. The van der Waals surface area contributed by atoms with Crippen molar-refractivity contribution in [2.75, 3.05) is 5.32 Å². The summed E-state index contributed by atoms with van der Waals surface area (Å²) in [5.74, 6) is -0.0196. The molecule has 2 aromatic carbocycles. The number of allylic oxidation sites excluding steroid dienone is 1. The van der Waals surface area contributed by atoms with Crippen LogP contribution in [0.1, 0.15) is 21.5 Å². The first kappa shape index (κ1) is 14.5. The van der Waals surface area contributed by atoms with E-state index in [0.717, 1.165) is 10.2 Å². The zero-order chi connectivity index (χ0) is 14.5. The normalized spacial score (nSPS) is 10.8. The molecule has 0 bridgehead atoms. The lowest BCUT2D eigenvalue weighted by Crippen LogP contribution is -1.96. The number of carbonyl (C=O) groups is 1. The van der Waals surface area contributed by atoms with Gasteiger partial charge in [-0.05, 0) is 61.4 Å². The number of anilines is 1. The van der Waals surface area contributed by atoms with Crippen molar-refractivity contribution in [3.8, 4) is 0 Å². The highest BCUT2D eigenvalue weighted by atomic mass is 79.9. The highest BCUT2D eigenvalue weighted by molar-refractivity contribution is 9.10. The molecule has 1 N–H and O–H groups in total. The second-order valence-corrected chi connectivity index (χ2v) is 5.56. The van der Waals surface area contributed by atoms with Gasteiger partial charge in [0.05, 0.1) is 0 Å². The van der Waals surface area contributed by atoms with E-state index in [4.69, 9.17) is 0 Å². The van der Waals surface area contributed by atoms with Crippen molar-refractivity contribution in [3.63, 3.8) is 0 Å². The van der Waals surface area contributed by atoms with Gasteiger partial charge in [0, 0.05) is 28.0 Å². The average Bonchev–Trinajstić information content (AvgIpc) is 2.43. The minimum absolute atomic E-state index is 0.0196. The zero-order valence-electron chi connectivity index (χ0n) is 11.5. The molecule has 0 saturated carbocycles. The molecule has 0 unspecified atom stereocenters. The molecule has 0 aliphatic carbocycles. The van der Waals surface area contributed by atoms with Gasteiger partial charge < -0.3 is 5.32 Å². The molecular weight excluding hydrogens is 314 g/mol. The van der Waals surface area contributed by atoms with E-state index in [-0.39, 0.29) is 5.78 Å². The third kappa shape index (κ3) is 3.81. The van der Waals surface area contributed by atoms with E-state index in [1.165, 1.54) is 11.1 Å². The lowest BCUT2D eigenvalue weighted by Gasteiger charge is -2.04. The smallest absolute Gasteiger partial charge is 0.187 e. The van der Waals surface area contributed by atoms with E-state index < -0.39 is 0 Å². The maximum Gasteiger partial charge on any atom is 0.187 e. The van der Waals surface area contributed by atoms with Crippen molar-refractivity contribution in [3.05, 3.63) is 75.9 Å². The van der Waals surface area contributed by atoms with Gasteiger partial charge in [-0.1, -0.05) is 22.0 Å². The van der Waals surface area contributed by atoms with Crippen LogP contribution in [0.5, 0.6) is 0 Å². The van der Waals surface area contributed by atoms with Crippen molar-refractivity contribution in [1.82, 2.24) is 0 Å². The molecular formula is C17H16BrNO. The molecule has 0 atom stereocenters. The van der Waals surface area contributed by atoms with Gasteiger partial charge in [-0.2, -0.15) is 0 Å². The van der Waals surface area contributed by atoms with Gasteiger partial charge in [0.2, 0.25) is 0 Å². The van der Waals surface area contributed by atoms with Crippen molar-refractivity contribution in [2.45, 2.75) is 13.8 Å². The van der Waals surface area contributed by atoms with Crippen molar-refractivity contribution < 1.29 is 4.79 Å². The highest BCUT2D eigenvalue weighted by Gasteiger charge is 2.00. The first-order chi connectivity index (χ1) is 9.56. The number of nitrogens with one attached hydrogen (secondary N) is 1. The van der Waals surface area contributed by atoms with E-state index in [1.807, 2.05) is 18.2 Å². The summed E-state index contributed by atoms with van der Waals surface area (Å²) >= 11 is 3.35. The van der Waals surface area contributed by atoms with Crippen LogP contribution in [-0.4, -0.2) is 5.78 Å². The molecule has 0 amide bonds. The summed E-state index contributed by atoms with van der Waals surface area (Å²) in [6.45, 7) is 4.14. The van der Waals surface area contributed by atoms with Crippen LogP contribution < -0.4 is 5.32 Å². The molecule has 0 aliphatic rings. The maximum atomic E-state index is 11.9. The monoisotopic (exact) mass is 329 g/mol. The van der Waals surface area contributed by atoms with E-state index in [2.05, 4.69) is 47.2 Å². The van der Waals surface area contributed by atoms with E-state index in [9.17, 15) is 4.79 Å². The van der Waals surface area contributed by atoms with Crippen LogP contribution in [0.4, 0.5) is 5.69 Å². The van der Waals surface area contributed by atoms with Crippen LogP contribution in [-0.2, 0) is 0 Å². The van der Waals surface area contributed by atoms with Crippen LogP contribution in [0, 0.1) is 13.8 Å². The molecule has 20 heavy (non-hydrogen) atoms. The predicted octanol–water partition coefficient (Wildman–Crippen LogP) is 4.87. The van der Waals surface area contributed by atoms with Gasteiger partial charge in [-0.25, -0.2) is 0 Å². The summed E-state index contributed by atoms with van der Waals surface area (Å²) in [6.07, 6.45) is 3.22. The van der Waals surface area contributed by atoms with Crippen LogP contribution in [0.3, 0.4) is 0 Å². The topological polar surface area (TPSA) is 29.1 Å². The Hall–Kier alpha value is -1.87. The molecule has 0 radical (unpaired) electrons. The van der Waals surface area contributed by atoms with Crippen molar-refractivity contribution >= 4 is 27.4 Å². The summed E-state index contributed by atoms with van der Waals surface area (Å²) < 4.78 is 0.964. The van der Waals surface area contributed by atoms with Gasteiger partial charge in [0.1, 0.15) is 0 Å². The van der Waals surface area contributed by atoms with Gasteiger partial charge in [-0.15, -0.1) is 0 Å². The molecule has 0 fully saturated rings. The average molecular weight is 330 g/mol. The number of halogens is 1. The Kier molecular flexibility index (Phi) is 4.74. The Bertz CT molecular complexity index is 645. The van der Waals surface area contributed by atoms with Gasteiger partial charge in [-0.3, -0.25) is 4.79 Å². The van der Waals surface area contributed by atoms with Crippen molar-refractivity contribution in [1.29, 1.82) is 0 Å². The molecule has 2 rings (SSSR count). The van der Waals surface area contributed by atoms with E-state index in [0.29, 0.717) is 5.56 Å². The van der Waals surface area contributed by atoms with Crippen LogP contribution in [0.25, 0.3) is 0 Å². The molecule has 0 aromatic heterocycles. The largest absolute Gasteiger partial charge is 0.362 e. The molecule has 2 nitrogen and oxygen atoms in total. The predicted molar refractivity (Wildman–Crippen MR) is 87.2 cm³/mol. The maximum absolute atomic E-state index is 11.9. The number of hydrogen-bond acceptors (Lipinski definition) is 2. The van der Waals surface area contributed by atoms with E-state index in [1.54, 1.807) is 24.4 Å². The fraction of sp³-hybridized carbons (Fsp3) is 0.118. The van der Waals surface area contributed by atoms with Gasteiger partial charge in [0.15, 0.2) is 5.78 Å². The Labute approximate surface area is 127 Å². The number of ketones is 1. The van der Waals surface area contributed by atoms with Crippen molar-refractivity contribution in [2.24, 2.45) is 0 Å². The molecule has 2 aromatic rings. The minimum atomic E-state index is -0.0196. The molecule has 0 heterocycles. The Balaban J connectivity index is 2.00. The lowest BCUT2D eigenvalue weighted by atomic mass is 10.1. The summed E-state index contributed by atoms with van der Waals surface area (Å²) in [5.41, 5.74) is 4.13. The standard InChI is InChI=1S/C17H16BrNO/c1-12-3-8-16(11-13(12)2)19-10-9-17(20)14-4-6-15(18)7-5-14/h3-11,19H,1-2H3. The summed E-state index contributed by atoms with van der Waals surface area (Å²) in [4.78, 5) is 11.9. The van der Waals surface area contributed by atoms with E-state index >= 15 is 0 Å². The number of rotatable bonds is 4. The number of carbonyl (C=O) groups excluding carboxylic acids is 1. The quantitative estimate of drug-likeness (QED) is 0.640. The highest BCUT2D eigenvalue weighted by Crippen LogP contribution is 2.14. The molecule has 0 spiro atoms. The second-order valence-electron chi connectivity index (χ2n) is 4.65. The third-order valence-corrected chi connectivity index (χ3v) is 3.65. The zero-order valence-corrected chi connectivity index (χ0v) is 13.1. The first-order valence-corrected chi connectivity index (χ1v) is 7.16. The van der Waals surface area contributed by atoms with Gasteiger partial charge >= 0.3 is 0 Å². The molecule has 0 aliphatic heterocycles. The van der Waals surface area contributed by atoms with Gasteiger partial charge in [0.25, 0.3) is 0 Å². The lowest BCUT2D eigenvalue weighted by molar-refractivity contribution is 0.104. The summed E-state index contributed by atoms with van der Waals surface area (Å²) in [6, 6.07) is 13.4. The first-order valence-electron chi connectivity index (χ1n) is 6.36. The minimum Gasteiger partial charge on any atom is -0.362 e. The second kappa shape index (κ2) is 6.53. The summed E-state index contributed by atoms with van der Waals surface area (Å²) in [7, 11) is 0. The number of hydrogen-bond donors (Lipinski definition) is 1. The van der Waals surface area contributed by atoms with Crippen LogP contribution in [0.2, 0.25) is 0 Å². The fourth-order valence-electron chi connectivity index (χ4n) is 1.76. The third-order valence-electron chi connectivity index (χ3n) is 3.12. The van der Waals surface area contributed by atoms with Crippen LogP contribution in [0.15, 0.2) is 59.2 Å².